The quantitative estimate of drug-likeness (QED) is 0.247. The first-order valence-electron chi connectivity index (χ1n) is 16.7. The van der Waals surface area contributed by atoms with Crippen molar-refractivity contribution in [1.29, 1.82) is 0 Å². The Morgan fingerprint density at radius 2 is 1.70 bits per heavy atom. The van der Waals surface area contributed by atoms with Crippen molar-refractivity contribution in [2.24, 2.45) is 0 Å². The molecule has 3 aliphatic heterocycles. The number of aryl methyl sites for hydroxylation is 1. The summed E-state index contributed by atoms with van der Waals surface area (Å²) in [7, 11) is 0. The van der Waals surface area contributed by atoms with Crippen LogP contribution in [0.1, 0.15) is 79.5 Å². The minimum atomic E-state index is -0.557. The van der Waals surface area contributed by atoms with Crippen molar-refractivity contribution in [3.8, 4) is 11.6 Å². The van der Waals surface area contributed by atoms with Crippen molar-refractivity contribution in [3.63, 3.8) is 0 Å². The number of urea groups is 1. The monoisotopic (exact) mass is 644 g/mol. The van der Waals surface area contributed by atoms with Crippen molar-refractivity contribution in [1.82, 2.24) is 19.7 Å². The van der Waals surface area contributed by atoms with Crippen LogP contribution in [0.15, 0.2) is 60.8 Å². The summed E-state index contributed by atoms with van der Waals surface area (Å²) < 4.78 is 32.1. The van der Waals surface area contributed by atoms with E-state index >= 15 is 4.39 Å². The first kappa shape index (κ1) is 32.9. The highest BCUT2D eigenvalue weighted by Crippen LogP contribution is 2.38. The maximum absolute atomic E-state index is 15.2. The lowest BCUT2D eigenvalue weighted by Crippen LogP contribution is -2.48. The van der Waals surface area contributed by atoms with Gasteiger partial charge in [-0.05, 0) is 89.3 Å². The third-order valence-electron chi connectivity index (χ3n) is 9.18. The number of esters is 1. The number of halogens is 1. The zero-order chi connectivity index (χ0) is 33.1. The van der Waals surface area contributed by atoms with E-state index in [2.05, 4.69) is 9.88 Å². The third kappa shape index (κ3) is 7.93. The average Bonchev–Trinajstić information content (AvgIpc) is 3.40. The number of amides is 2. The number of aromatic nitrogens is 1. The average molecular weight is 645 g/mol. The van der Waals surface area contributed by atoms with E-state index in [1.807, 2.05) is 61.9 Å². The van der Waals surface area contributed by atoms with E-state index in [-0.39, 0.29) is 35.9 Å². The molecular weight excluding hydrogens is 599 g/mol. The molecule has 250 valence electrons. The molecule has 0 radical (unpaired) electrons. The fourth-order valence-corrected chi connectivity index (χ4v) is 6.81. The van der Waals surface area contributed by atoms with Crippen molar-refractivity contribution in [3.05, 3.63) is 88.9 Å². The van der Waals surface area contributed by atoms with Crippen molar-refractivity contribution >= 4 is 12.0 Å². The number of rotatable bonds is 8. The Morgan fingerprint density at radius 1 is 0.979 bits per heavy atom. The number of nitrogens with zero attached hydrogens (tertiary/aromatic N) is 4. The van der Waals surface area contributed by atoms with Gasteiger partial charge in [-0.2, -0.15) is 0 Å². The summed E-state index contributed by atoms with van der Waals surface area (Å²) in [6.07, 6.45) is 5.11. The molecule has 10 heteroatoms. The van der Waals surface area contributed by atoms with Crippen LogP contribution in [0.3, 0.4) is 0 Å². The number of ether oxygens (including phenoxy) is 3. The van der Waals surface area contributed by atoms with Gasteiger partial charge in [-0.15, -0.1) is 0 Å². The summed E-state index contributed by atoms with van der Waals surface area (Å²) in [6.45, 7) is 11.7. The number of carbonyl (C=O) groups is 2. The standard InChI is InChI=1S/C37H45FN4O5/c1-25-5-11-32(38)31(21-25)33-24-41(28-15-19-45-20-16-28)36(44)42(33)29-13-17-40(18-14-29)23-26-6-12-34(39-22-26)46-30-9-7-27(8-10-30)35(43)47-37(2,3)4/h5-12,21-22,28-29,33H,13-20,23-24H2,1-4H3. The molecule has 3 aromatic rings. The number of likely N-dealkylation sites (tertiary alicyclic amines) is 1. The first-order chi connectivity index (χ1) is 22.5. The minimum absolute atomic E-state index is 0.0283. The van der Waals surface area contributed by atoms with Crippen LogP contribution in [-0.4, -0.2) is 82.2 Å². The maximum Gasteiger partial charge on any atom is 0.338 e. The molecule has 3 saturated heterocycles. The number of carbonyl (C=O) groups excluding carboxylic acids is 2. The summed E-state index contributed by atoms with van der Waals surface area (Å²) >= 11 is 0. The fraction of sp³-hybridized carbons (Fsp3) is 0.486. The number of hydrogen-bond donors (Lipinski definition) is 0. The van der Waals surface area contributed by atoms with E-state index in [0.29, 0.717) is 42.5 Å². The Kier molecular flexibility index (Phi) is 9.80. The van der Waals surface area contributed by atoms with Gasteiger partial charge in [-0.1, -0.05) is 23.8 Å². The van der Waals surface area contributed by atoms with E-state index in [9.17, 15) is 9.59 Å². The van der Waals surface area contributed by atoms with E-state index in [1.165, 1.54) is 6.07 Å². The summed E-state index contributed by atoms with van der Waals surface area (Å²) in [5.41, 5.74) is 2.58. The molecule has 4 heterocycles. The molecule has 0 N–H and O–H groups in total. The highest BCUT2D eigenvalue weighted by Gasteiger charge is 2.46. The topological polar surface area (TPSA) is 84.4 Å². The molecule has 1 aromatic heterocycles. The second-order valence-corrected chi connectivity index (χ2v) is 13.9. The molecule has 1 unspecified atom stereocenters. The summed E-state index contributed by atoms with van der Waals surface area (Å²) in [4.78, 5) is 37.1. The highest BCUT2D eigenvalue weighted by atomic mass is 19.1. The Bertz CT molecular complexity index is 1540. The Hall–Kier alpha value is -4.02. The van der Waals surface area contributed by atoms with E-state index in [1.54, 1.807) is 30.3 Å². The third-order valence-corrected chi connectivity index (χ3v) is 9.18. The van der Waals surface area contributed by atoms with Gasteiger partial charge >= 0.3 is 12.0 Å². The molecule has 3 aliphatic rings. The minimum Gasteiger partial charge on any atom is -0.456 e. The van der Waals surface area contributed by atoms with E-state index < -0.39 is 5.60 Å². The van der Waals surface area contributed by atoms with Crippen LogP contribution < -0.4 is 4.74 Å². The van der Waals surface area contributed by atoms with Gasteiger partial charge in [0.2, 0.25) is 5.88 Å². The number of piperidine rings is 1. The lowest BCUT2D eigenvalue weighted by atomic mass is 9.97. The lowest BCUT2D eigenvalue weighted by molar-refractivity contribution is 0.00693. The molecule has 1 atom stereocenters. The SMILES string of the molecule is Cc1ccc(F)c(C2CN(C3CCOCC3)C(=O)N2C2CCN(Cc3ccc(Oc4ccc(C(=O)OC(C)(C)C)cc4)nc3)CC2)c1. The maximum atomic E-state index is 15.2. The predicted molar refractivity (Wildman–Crippen MR) is 176 cm³/mol. The van der Waals surface area contributed by atoms with Crippen LogP contribution in [0, 0.1) is 12.7 Å². The van der Waals surface area contributed by atoms with Crippen LogP contribution >= 0.6 is 0 Å². The molecule has 9 nitrogen and oxygen atoms in total. The molecule has 2 amide bonds. The molecule has 0 bridgehead atoms. The van der Waals surface area contributed by atoms with Crippen LogP contribution in [0.5, 0.6) is 11.6 Å². The predicted octanol–water partition coefficient (Wildman–Crippen LogP) is 6.90. The van der Waals surface area contributed by atoms with Gasteiger partial charge < -0.3 is 24.0 Å². The molecular formula is C37H45FN4O5. The lowest BCUT2D eigenvalue weighted by Gasteiger charge is -2.39. The van der Waals surface area contributed by atoms with Gasteiger partial charge in [0.05, 0.1) is 11.6 Å². The molecule has 47 heavy (non-hydrogen) atoms. The summed E-state index contributed by atoms with van der Waals surface area (Å²) in [5.74, 6) is 0.422. The van der Waals surface area contributed by atoms with Gasteiger partial charge in [0.25, 0.3) is 0 Å². The molecule has 0 spiro atoms. The summed E-state index contributed by atoms with van der Waals surface area (Å²) in [5, 5.41) is 0. The highest BCUT2D eigenvalue weighted by molar-refractivity contribution is 5.89. The normalized spacial score (nSPS) is 20.1. The Morgan fingerprint density at radius 3 is 2.36 bits per heavy atom. The second-order valence-electron chi connectivity index (χ2n) is 13.9. The molecule has 6 rings (SSSR count). The van der Waals surface area contributed by atoms with Crippen LogP contribution in [0.2, 0.25) is 0 Å². The smallest absolute Gasteiger partial charge is 0.338 e. The van der Waals surface area contributed by atoms with Gasteiger partial charge in [-0.25, -0.2) is 19.0 Å². The van der Waals surface area contributed by atoms with E-state index in [4.69, 9.17) is 14.2 Å². The van der Waals surface area contributed by atoms with Crippen LogP contribution in [0.25, 0.3) is 0 Å². The molecule has 0 saturated carbocycles. The van der Waals surface area contributed by atoms with Crippen LogP contribution in [-0.2, 0) is 16.0 Å². The summed E-state index contributed by atoms with van der Waals surface area (Å²) in [6, 6.07) is 15.8. The fourth-order valence-electron chi connectivity index (χ4n) is 6.81. The first-order valence-corrected chi connectivity index (χ1v) is 16.7. The van der Waals surface area contributed by atoms with E-state index in [0.717, 1.165) is 56.4 Å². The van der Waals surface area contributed by atoms with Crippen molar-refractivity contribution < 1.29 is 28.2 Å². The van der Waals surface area contributed by atoms with Gasteiger partial charge in [0.1, 0.15) is 17.2 Å². The van der Waals surface area contributed by atoms with Gasteiger partial charge in [0.15, 0.2) is 0 Å². The van der Waals surface area contributed by atoms with Gasteiger partial charge in [0, 0.05) is 69.3 Å². The van der Waals surface area contributed by atoms with Crippen LogP contribution in [0.4, 0.5) is 9.18 Å². The Labute approximate surface area is 276 Å². The van der Waals surface area contributed by atoms with Gasteiger partial charge in [-0.3, -0.25) is 4.90 Å². The number of pyridine rings is 1. The number of benzene rings is 2. The largest absolute Gasteiger partial charge is 0.456 e. The van der Waals surface area contributed by atoms with Crippen molar-refractivity contribution in [2.45, 2.75) is 83.6 Å². The zero-order valence-corrected chi connectivity index (χ0v) is 27.8. The molecule has 3 fully saturated rings. The zero-order valence-electron chi connectivity index (χ0n) is 27.8. The molecule has 2 aromatic carbocycles. The second kappa shape index (κ2) is 14.0. The molecule has 0 aliphatic carbocycles. The Balaban J connectivity index is 1.05. The van der Waals surface area contributed by atoms with Crippen molar-refractivity contribution in [2.75, 3.05) is 32.8 Å². The number of hydrogen-bond acceptors (Lipinski definition) is 7.